The van der Waals surface area contributed by atoms with Crippen molar-refractivity contribution >= 4 is 30.8 Å². The van der Waals surface area contributed by atoms with Crippen LogP contribution in [0.3, 0.4) is 0 Å². The summed E-state index contributed by atoms with van der Waals surface area (Å²) in [7, 11) is -4.41. The molecule has 1 unspecified atom stereocenters. The zero-order valence-electron chi connectivity index (χ0n) is 25.6. The summed E-state index contributed by atoms with van der Waals surface area (Å²) in [6.45, 7) is 7.72. The van der Waals surface area contributed by atoms with E-state index in [0.717, 1.165) is 0 Å². The molecule has 1 saturated heterocycles. The second kappa shape index (κ2) is 13.2. The summed E-state index contributed by atoms with van der Waals surface area (Å²) in [4.78, 5) is 28.1. The highest BCUT2D eigenvalue weighted by molar-refractivity contribution is 7.52. The van der Waals surface area contributed by atoms with Gasteiger partial charge in [0.2, 0.25) is 18.6 Å². The zero-order chi connectivity index (χ0) is 33.2. The van der Waals surface area contributed by atoms with Crippen LogP contribution in [0.1, 0.15) is 40.8 Å². The van der Waals surface area contributed by atoms with Gasteiger partial charge in [0.1, 0.15) is 23.4 Å². The van der Waals surface area contributed by atoms with Gasteiger partial charge in [0.25, 0.3) is 0 Å². The Bertz CT molecular complexity index is 1700. The first-order valence-electron chi connectivity index (χ1n) is 14.2. The molecule has 2 aliphatic heterocycles. The largest absolute Gasteiger partial charge is 0.476 e. The Kier molecular flexibility index (Phi) is 9.44. The lowest BCUT2D eigenvalue weighted by molar-refractivity contribution is -0.149. The fourth-order valence-electron chi connectivity index (χ4n) is 4.86. The highest BCUT2D eigenvalue weighted by Crippen LogP contribution is 2.49. The van der Waals surface area contributed by atoms with Crippen molar-refractivity contribution in [2.45, 2.75) is 70.7 Å². The van der Waals surface area contributed by atoms with Crippen LogP contribution in [0.4, 0.5) is 5.95 Å². The highest BCUT2D eigenvalue weighted by atomic mass is 31.2. The first-order valence-corrected chi connectivity index (χ1v) is 15.8. The first kappa shape index (κ1) is 33.0. The molecular formula is C26H34N9O10P. The lowest BCUT2D eigenvalue weighted by Crippen LogP contribution is -2.43. The SMILES string of the molecule is CCOc1nc(N)nc2c1ncn2[C@@H]1O[C@H](COP(=O)(N[C@@H](C)C(=O)OC(C)C)Oc2ccc3c(c2)OCO3)[C@@H](O)[C@@]1(C)N=[N+]=[N-]. The highest BCUT2D eigenvalue weighted by Gasteiger charge is 2.55. The fourth-order valence-corrected chi connectivity index (χ4v) is 6.35. The molecule has 2 aromatic heterocycles. The van der Waals surface area contributed by atoms with Crippen LogP contribution in [0.25, 0.3) is 21.6 Å². The summed E-state index contributed by atoms with van der Waals surface area (Å²) in [6.07, 6.45) is -3.02. The molecule has 1 aromatic carbocycles. The van der Waals surface area contributed by atoms with Gasteiger partial charge >= 0.3 is 13.7 Å². The molecule has 4 heterocycles. The molecule has 1 fully saturated rings. The summed E-state index contributed by atoms with van der Waals surface area (Å²) in [5, 5.41) is 17.8. The summed E-state index contributed by atoms with van der Waals surface area (Å²) in [6, 6.07) is 3.34. The molecule has 20 heteroatoms. The van der Waals surface area contributed by atoms with Crippen molar-refractivity contribution in [2.75, 3.05) is 25.7 Å². The number of hydrogen-bond donors (Lipinski definition) is 3. The third-order valence-electron chi connectivity index (χ3n) is 6.99. The third kappa shape index (κ3) is 6.60. The fraction of sp³-hybridized carbons (Fsp3) is 0.538. The number of nitrogens with one attached hydrogen (secondary N) is 1. The van der Waals surface area contributed by atoms with Gasteiger partial charge in [0.05, 0.1) is 31.7 Å². The number of fused-ring (bicyclic) bond motifs is 2. The number of carbonyl (C=O) groups excluding carboxylic acids is 1. The maximum Gasteiger partial charge on any atom is 0.459 e. The second-order valence-electron chi connectivity index (χ2n) is 10.8. The standard InChI is InChI=1S/C26H34N9O10P/c1-6-39-22-19-21(30-25(27)31-22)35(11-29-19)24-26(5,33-34-28)20(36)18(44-24)10-42-46(38,32-14(4)23(37)43-13(2)3)45-15-7-8-16-17(9-15)41-12-40-16/h7-9,11,13-14,18,20,24,36H,6,10,12H2,1-5H3,(H,32,38)(H2,27,30,31)/t14-,18+,20+,24+,26+,46?/m0/s1. The number of esters is 1. The number of nitrogen functional groups attached to an aromatic ring is 1. The number of hydrogen-bond acceptors (Lipinski definition) is 15. The Morgan fingerprint density at radius 2 is 2.09 bits per heavy atom. The molecule has 2 aliphatic rings. The molecule has 0 aliphatic carbocycles. The van der Waals surface area contributed by atoms with Crippen molar-refractivity contribution in [2.24, 2.45) is 5.11 Å². The van der Waals surface area contributed by atoms with E-state index < -0.39 is 56.4 Å². The molecule has 0 saturated carbocycles. The van der Waals surface area contributed by atoms with Gasteiger partial charge in [-0.2, -0.15) is 15.1 Å². The van der Waals surface area contributed by atoms with Crippen LogP contribution in [0, 0.1) is 0 Å². The van der Waals surface area contributed by atoms with Gasteiger partial charge in [-0.3, -0.25) is 13.9 Å². The van der Waals surface area contributed by atoms with Gasteiger partial charge in [0, 0.05) is 11.0 Å². The maximum atomic E-state index is 14.1. The Hall–Kier alpha value is -4.38. The molecule has 3 aromatic rings. The molecule has 0 bridgehead atoms. The smallest absolute Gasteiger partial charge is 0.459 e. The molecule has 0 spiro atoms. The number of rotatable bonds is 13. The number of ether oxygens (including phenoxy) is 5. The molecule has 46 heavy (non-hydrogen) atoms. The number of aliphatic hydroxyl groups is 1. The average Bonchev–Trinajstić information content (AvgIpc) is 3.69. The minimum absolute atomic E-state index is 0.00304. The molecule has 5 rings (SSSR count). The number of imidazole rings is 1. The van der Waals surface area contributed by atoms with Crippen LogP contribution in [0.2, 0.25) is 0 Å². The third-order valence-corrected chi connectivity index (χ3v) is 8.63. The molecular weight excluding hydrogens is 629 g/mol. The normalized spacial score (nSPS) is 23.9. The molecule has 0 amide bonds. The second-order valence-corrected chi connectivity index (χ2v) is 12.5. The number of anilines is 1. The summed E-state index contributed by atoms with van der Waals surface area (Å²) >= 11 is 0. The number of benzene rings is 1. The Morgan fingerprint density at radius 1 is 1.33 bits per heavy atom. The van der Waals surface area contributed by atoms with Crippen LogP contribution in [0.15, 0.2) is 29.6 Å². The molecule has 4 N–H and O–H groups in total. The number of azide groups is 1. The number of carbonyl (C=O) groups is 1. The van der Waals surface area contributed by atoms with Gasteiger partial charge in [0.15, 0.2) is 28.9 Å². The van der Waals surface area contributed by atoms with E-state index in [1.54, 1.807) is 26.8 Å². The van der Waals surface area contributed by atoms with Crippen molar-refractivity contribution in [3.8, 4) is 23.1 Å². The molecule has 0 radical (unpaired) electrons. The van der Waals surface area contributed by atoms with Crippen LogP contribution in [-0.2, 0) is 23.4 Å². The van der Waals surface area contributed by atoms with Crippen molar-refractivity contribution in [3.63, 3.8) is 0 Å². The van der Waals surface area contributed by atoms with E-state index in [1.165, 1.54) is 36.9 Å². The molecule has 248 valence electrons. The van der Waals surface area contributed by atoms with E-state index >= 15 is 0 Å². The number of nitrogens with zero attached hydrogens (tertiary/aromatic N) is 7. The van der Waals surface area contributed by atoms with Crippen molar-refractivity contribution in [3.05, 3.63) is 35.0 Å². The quantitative estimate of drug-likeness (QED) is 0.0781. The van der Waals surface area contributed by atoms with E-state index in [0.29, 0.717) is 11.5 Å². The number of aromatic nitrogens is 4. The summed E-state index contributed by atoms with van der Waals surface area (Å²) in [5.74, 6) is 0.193. The Balaban J connectivity index is 1.43. The zero-order valence-corrected chi connectivity index (χ0v) is 26.5. The Labute approximate surface area is 262 Å². The minimum Gasteiger partial charge on any atom is -0.476 e. The van der Waals surface area contributed by atoms with E-state index in [-0.39, 0.29) is 42.1 Å². The van der Waals surface area contributed by atoms with Gasteiger partial charge < -0.3 is 39.0 Å². The van der Waals surface area contributed by atoms with E-state index in [1.807, 2.05) is 0 Å². The van der Waals surface area contributed by atoms with Crippen molar-refractivity contribution in [1.82, 2.24) is 24.6 Å². The van der Waals surface area contributed by atoms with Crippen LogP contribution >= 0.6 is 7.75 Å². The topological polar surface area (TPSA) is 249 Å². The van der Waals surface area contributed by atoms with Crippen LogP contribution < -0.4 is 29.6 Å². The van der Waals surface area contributed by atoms with Crippen LogP contribution in [-0.4, -0.2) is 80.5 Å². The van der Waals surface area contributed by atoms with Gasteiger partial charge in [-0.1, -0.05) is 5.11 Å². The molecule has 6 atom stereocenters. The Morgan fingerprint density at radius 3 is 2.80 bits per heavy atom. The van der Waals surface area contributed by atoms with E-state index in [2.05, 4.69) is 30.1 Å². The molecule has 19 nitrogen and oxygen atoms in total. The van der Waals surface area contributed by atoms with E-state index in [9.17, 15) is 20.0 Å². The summed E-state index contributed by atoms with van der Waals surface area (Å²) < 4.78 is 54.7. The van der Waals surface area contributed by atoms with Crippen LogP contribution in [0.5, 0.6) is 23.1 Å². The lowest BCUT2D eigenvalue weighted by Gasteiger charge is -2.28. The maximum absolute atomic E-state index is 14.1. The van der Waals surface area contributed by atoms with Crippen molar-refractivity contribution in [1.29, 1.82) is 0 Å². The van der Waals surface area contributed by atoms with E-state index in [4.69, 9.17) is 38.5 Å². The lowest BCUT2D eigenvalue weighted by atomic mass is 9.93. The predicted octanol–water partition coefficient (Wildman–Crippen LogP) is 3.00. The van der Waals surface area contributed by atoms with Crippen molar-refractivity contribution < 1.29 is 47.2 Å². The predicted molar refractivity (Wildman–Crippen MR) is 159 cm³/mol. The number of aliphatic hydroxyl groups excluding tert-OH is 1. The summed E-state index contributed by atoms with van der Waals surface area (Å²) in [5.41, 5.74) is 14.1. The van der Waals surface area contributed by atoms with Gasteiger partial charge in [-0.15, -0.1) is 0 Å². The first-order chi connectivity index (χ1) is 21.9. The van der Waals surface area contributed by atoms with Gasteiger partial charge in [-0.05, 0) is 52.3 Å². The van der Waals surface area contributed by atoms with Gasteiger partial charge in [-0.25, -0.2) is 9.55 Å². The minimum atomic E-state index is -4.41. The number of nitrogens with two attached hydrogens (primary N) is 1. The average molecular weight is 664 g/mol. The monoisotopic (exact) mass is 663 g/mol.